The van der Waals surface area contributed by atoms with Crippen LogP contribution in [-0.4, -0.2) is 24.5 Å². The van der Waals surface area contributed by atoms with E-state index in [1.165, 1.54) is 16.7 Å². The topological polar surface area (TPSA) is 29.3 Å². The van der Waals surface area contributed by atoms with Crippen molar-refractivity contribution in [3.63, 3.8) is 0 Å². The molecule has 2 atom stereocenters. The summed E-state index contributed by atoms with van der Waals surface area (Å²) >= 11 is 0. The van der Waals surface area contributed by atoms with Crippen molar-refractivity contribution in [1.82, 2.24) is 4.90 Å². The Kier molecular flexibility index (Phi) is 3.31. The second-order valence-electron chi connectivity index (χ2n) is 5.14. The fourth-order valence-electron chi connectivity index (χ4n) is 2.59. The van der Waals surface area contributed by atoms with Gasteiger partial charge in [-0.05, 0) is 51.4 Å². The van der Waals surface area contributed by atoms with Crippen LogP contribution in [0.3, 0.4) is 0 Å². The number of rotatable bonds is 1. The van der Waals surface area contributed by atoms with Crippen molar-refractivity contribution in [3.8, 4) is 0 Å². The van der Waals surface area contributed by atoms with Crippen molar-refractivity contribution in [1.29, 1.82) is 0 Å². The lowest BCUT2D eigenvalue weighted by Gasteiger charge is -2.36. The molecule has 88 valence electrons. The molecule has 0 saturated carbocycles. The highest BCUT2D eigenvalue weighted by Crippen LogP contribution is 2.31. The largest absolute Gasteiger partial charge is 0.328 e. The lowest BCUT2D eigenvalue weighted by molar-refractivity contribution is 0.171. The molecule has 1 fully saturated rings. The van der Waals surface area contributed by atoms with E-state index in [-0.39, 0.29) is 0 Å². The van der Waals surface area contributed by atoms with Crippen molar-refractivity contribution < 1.29 is 0 Å². The standard InChI is InChI=1S/C14H22N2/c1-10-4-5-11(2)13(8-10)14-9-12(15)6-7-16(14)3/h4-5,8,12,14H,6-7,9,15H2,1-3H3. The number of hydrogen-bond acceptors (Lipinski definition) is 2. The average molecular weight is 218 g/mol. The molecule has 2 rings (SSSR count). The number of nitrogens with zero attached hydrogens (tertiary/aromatic N) is 1. The maximum atomic E-state index is 6.09. The summed E-state index contributed by atoms with van der Waals surface area (Å²) in [5.41, 5.74) is 10.3. The Labute approximate surface area is 98.4 Å². The summed E-state index contributed by atoms with van der Waals surface area (Å²) in [7, 11) is 2.21. The quantitative estimate of drug-likeness (QED) is 0.784. The first kappa shape index (κ1) is 11.6. The highest BCUT2D eigenvalue weighted by Gasteiger charge is 2.26. The van der Waals surface area contributed by atoms with Gasteiger partial charge in [-0.2, -0.15) is 0 Å². The van der Waals surface area contributed by atoms with E-state index in [0.29, 0.717) is 12.1 Å². The van der Waals surface area contributed by atoms with Crippen LogP contribution in [0.15, 0.2) is 18.2 Å². The third-order valence-corrected chi connectivity index (χ3v) is 3.70. The van der Waals surface area contributed by atoms with E-state index in [4.69, 9.17) is 5.73 Å². The molecule has 0 spiro atoms. The summed E-state index contributed by atoms with van der Waals surface area (Å²) < 4.78 is 0. The van der Waals surface area contributed by atoms with Crippen LogP contribution in [0.2, 0.25) is 0 Å². The van der Waals surface area contributed by atoms with Crippen molar-refractivity contribution in [3.05, 3.63) is 34.9 Å². The fourth-order valence-corrected chi connectivity index (χ4v) is 2.59. The van der Waals surface area contributed by atoms with Crippen molar-refractivity contribution in [2.75, 3.05) is 13.6 Å². The first-order valence-corrected chi connectivity index (χ1v) is 6.11. The Morgan fingerprint density at radius 1 is 1.31 bits per heavy atom. The van der Waals surface area contributed by atoms with Crippen LogP contribution in [0, 0.1) is 13.8 Å². The Morgan fingerprint density at radius 2 is 2.06 bits per heavy atom. The van der Waals surface area contributed by atoms with Gasteiger partial charge >= 0.3 is 0 Å². The molecule has 2 unspecified atom stereocenters. The Bertz CT molecular complexity index is 373. The molecule has 0 amide bonds. The first-order chi connectivity index (χ1) is 7.58. The molecule has 16 heavy (non-hydrogen) atoms. The number of benzene rings is 1. The van der Waals surface area contributed by atoms with E-state index in [1.54, 1.807) is 0 Å². The van der Waals surface area contributed by atoms with Gasteiger partial charge in [0, 0.05) is 12.1 Å². The minimum atomic E-state index is 0.362. The molecule has 2 heteroatoms. The highest BCUT2D eigenvalue weighted by atomic mass is 15.1. The van der Waals surface area contributed by atoms with E-state index in [0.717, 1.165) is 19.4 Å². The molecule has 0 bridgehead atoms. The van der Waals surface area contributed by atoms with E-state index in [2.05, 4.69) is 44.0 Å². The van der Waals surface area contributed by atoms with Crippen molar-refractivity contribution in [2.24, 2.45) is 5.73 Å². The molecular formula is C14H22N2. The third-order valence-electron chi connectivity index (χ3n) is 3.70. The predicted molar refractivity (Wildman–Crippen MR) is 68.5 cm³/mol. The molecule has 0 aliphatic carbocycles. The monoisotopic (exact) mass is 218 g/mol. The minimum Gasteiger partial charge on any atom is -0.328 e. The maximum absolute atomic E-state index is 6.09. The zero-order chi connectivity index (χ0) is 11.7. The number of likely N-dealkylation sites (tertiary alicyclic amines) is 1. The molecule has 0 aromatic heterocycles. The second-order valence-corrected chi connectivity index (χ2v) is 5.14. The van der Waals surface area contributed by atoms with Crippen LogP contribution >= 0.6 is 0 Å². The van der Waals surface area contributed by atoms with Gasteiger partial charge in [-0.15, -0.1) is 0 Å². The third kappa shape index (κ3) is 2.28. The van der Waals surface area contributed by atoms with E-state index in [1.807, 2.05) is 0 Å². The van der Waals surface area contributed by atoms with Gasteiger partial charge in [0.05, 0.1) is 0 Å². The Balaban J connectivity index is 2.30. The van der Waals surface area contributed by atoms with Crippen LogP contribution < -0.4 is 5.73 Å². The summed E-state index contributed by atoms with van der Waals surface area (Å²) in [5.74, 6) is 0. The summed E-state index contributed by atoms with van der Waals surface area (Å²) in [5, 5.41) is 0. The molecule has 2 nitrogen and oxygen atoms in total. The van der Waals surface area contributed by atoms with Crippen LogP contribution in [0.25, 0.3) is 0 Å². The van der Waals surface area contributed by atoms with Crippen LogP contribution in [0.4, 0.5) is 0 Å². The molecule has 2 N–H and O–H groups in total. The molecule has 1 aliphatic heterocycles. The molecule has 1 heterocycles. The van der Waals surface area contributed by atoms with Gasteiger partial charge in [0.2, 0.25) is 0 Å². The minimum absolute atomic E-state index is 0.362. The lowest BCUT2D eigenvalue weighted by Crippen LogP contribution is -2.40. The van der Waals surface area contributed by atoms with Gasteiger partial charge in [-0.3, -0.25) is 4.90 Å². The van der Waals surface area contributed by atoms with Crippen molar-refractivity contribution in [2.45, 2.75) is 38.8 Å². The normalized spacial score (nSPS) is 27.0. The van der Waals surface area contributed by atoms with E-state index >= 15 is 0 Å². The number of aryl methyl sites for hydroxylation is 2. The van der Waals surface area contributed by atoms with Gasteiger partial charge < -0.3 is 5.73 Å². The predicted octanol–water partition coefficient (Wildman–Crippen LogP) is 2.40. The molecule has 1 aromatic carbocycles. The molecule has 1 saturated heterocycles. The van der Waals surface area contributed by atoms with Crippen LogP contribution in [-0.2, 0) is 0 Å². The zero-order valence-corrected chi connectivity index (χ0v) is 10.5. The van der Waals surface area contributed by atoms with Crippen molar-refractivity contribution >= 4 is 0 Å². The van der Waals surface area contributed by atoms with E-state index in [9.17, 15) is 0 Å². The average Bonchev–Trinajstić information content (AvgIpc) is 2.25. The Morgan fingerprint density at radius 3 is 2.81 bits per heavy atom. The van der Waals surface area contributed by atoms with Gasteiger partial charge in [0.15, 0.2) is 0 Å². The smallest absolute Gasteiger partial charge is 0.0362 e. The lowest BCUT2D eigenvalue weighted by atomic mass is 9.89. The number of piperidine rings is 1. The number of hydrogen-bond donors (Lipinski definition) is 1. The summed E-state index contributed by atoms with van der Waals surface area (Å²) in [6.45, 7) is 5.47. The SMILES string of the molecule is Cc1ccc(C)c(C2CC(N)CCN2C)c1. The molecule has 1 aliphatic rings. The van der Waals surface area contributed by atoms with Crippen LogP contribution in [0.1, 0.15) is 35.6 Å². The fraction of sp³-hybridized carbons (Fsp3) is 0.571. The molecular weight excluding hydrogens is 196 g/mol. The van der Waals surface area contributed by atoms with Gasteiger partial charge in [-0.1, -0.05) is 23.8 Å². The molecule has 1 aromatic rings. The first-order valence-electron chi connectivity index (χ1n) is 6.11. The zero-order valence-electron chi connectivity index (χ0n) is 10.5. The van der Waals surface area contributed by atoms with E-state index < -0.39 is 0 Å². The summed E-state index contributed by atoms with van der Waals surface area (Å²) in [6, 6.07) is 7.58. The van der Waals surface area contributed by atoms with Gasteiger partial charge in [0.25, 0.3) is 0 Å². The summed E-state index contributed by atoms with van der Waals surface area (Å²) in [6.07, 6.45) is 2.21. The second kappa shape index (κ2) is 4.56. The summed E-state index contributed by atoms with van der Waals surface area (Å²) in [4.78, 5) is 2.44. The highest BCUT2D eigenvalue weighted by molar-refractivity contribution is 5.33. The number of nitrogens with two attached hydrogens (primary N) is 1. The van der Waals surface area contributed by atoms with Gasteiger partial charge in [0.1, 0.15) is 0 Å². The molecule has 0 radical (unpaired) electrons. The maximum Gasteiger partial charge on any atom is 0.0362 e. The van der Waals surface area contributed by atoms with Gasteiger partial charge in [-0.25, -0.2) is 0 Å². The Hall–Kier alpha value is -0.860. The van der Waals surface area contributed by atoms with Crippen LogP contribution in [0.5, 0.6) is 0 Å².